The summed E-state index contributed by atoms with van der Waals surface area (Å²) < 4.78 is 13.1. The van der Waals surface area contributed by atoms with E-state index in [4.69, 9.17) is 19.6 Å². The number of aliphatic carboxylic acids is 1. The molecule has 0 aromatic carbocycles. The lowest BCUT2D eigenvalue weighted by Gasteiger charge is -2.38. The Morgan fingerprint density at radius 1 is 1.11 bits per heavy atom. The minimum Gasteiger partial charge on any atom is -0.479 e. The molecule has 0 amide bonds. The number of rotatable bonds is 6. The molecule has 192 valence electrons. The van der Waals surface area contributed by atoms with Crippen LogP contribution in [0.15, 0.2) is 0 Å². The topological polar surface area (TPSA) is 150 Å². The molecule has 2 saturated heterocycles. The maximum atomic E-state index is 11.5. The monoisotopic (exact) mass is 490 g/mol. The van der Waals surface area contributed by atoms with Crippen molar-refractivity contribution < 1.29 is 34.7 Å². The molecular formula is C24H34N4O7. The molecule has 5 rings (SSSR count). The van der Waals surface area contributed by atoms with Crippen LogP contribution in [0.25, 0.3) is 11.0 Å². The number of carboxylic acid groups (broad SMARTS) is 1. The zero-order valence-electron chi connectivity index (χ0n) is 20.1. The van der Waals surface area contributed by atoms with Crippen LogP contribution in [0, 0.1) is 0 Å². The molecule has 11 nitrogen and oxygen atoms in total. The van der Waals surface area contributed by atoms with Crippen LogP contribution in [0.2, 0.25) is 0 Å². The predicted octanol–water partition coefficient (Wildman–Crippen LogP) is 0.665. The van der Waals surface area contributed by atoms with E-state index in [-0.39, 0.29) is 11.9 Å². The number of aliphatic hydroxyl groups is 3. The van der Waals surface area contributed by atoms with Crippen molar-refractivity contribution in [2.24, 2.45) is 7.05 Å². The second-order valence-corrected chi connectivity index (χ2v) is 9.84. The summed E-state index contributed by atoms with van der Waals surface area (Å²) >= 11 is 0. The largest absolute Gasteiger partial charge is 0.479 e. The van der Waals surface area contributed by atoms with E-state index in [9.17, 15) is 25.2 Å². The van der Waals surface area contributed by atoms with Gasteiger partial charge in [-0.05, 0) is 63.6 Å². The molecule has 4 N–H and O–H groups in total. The summed E-state index contributed by atoms with van der Waals surface area (Å²) in [5.74, 6) is -1.21. The lowest BCUT2D eigenvalue weighted by molar-refractivity contribution is -0.271. The normalized spacial score (nSPS) is 31.6. The molecule has 2 aromatic heterocycles. The number of hydrogen-bond acceptors (Lipinski definition) is 9. The first kappa shape index (κ1) is 24.4. The Labute approximate surface area is 203 Å². The van der Waals surface area contributed by atoms with Gasteiger partial charge < -0.3 is 29.9 Å². The van der Waals surface area contributed by atoms with Gasteiger partial charge in [-0.25, -0.2) is 9.48 Å². The van der Waals surface area contributed by atoms with Crippen LogP contribution in [-0.2, 0) is 29.4 Å². The zero-order chi connectivity index (χ0) is 24.9. The lowest BCUT2D eigenvalue weighted by atomic mass is 9.89. The van der Waals surface area contributed by atoms with Gasteiger partial charge in [-0.3, -0.25) is 4.90 Å². The van der Waals surface area contributed by atoms with Crippen LogP contribution in [-0.4, -0.2) is 89.9 Å². The van der Waals surface area contributed by atoms with Crippen LogP contribution in [0.5, 0.6) is 5.88 Å². The molecule has 0 unspecified atom stereocenters. The van der Waals surface area contributed by atoms with Gasteiger partial charge in [0.15, 0.2) is 11.8 Å². The van der Waals surface area contributed by atoms with Crippen LogP contribution >= 0.6 is 0 Å². The van der Waals surface area contributed by atoms with Gasteiger partial charge in [0.2, 0.25) is 12.2 Å². The van der Waals surface area contributed by atoms with Gasteiger partial charge >= 0.3 is 5.97 Å². The van der Waals surface area contributed by atoms with Crippen molar-refractivity contribution in [2.45, 2.75) is 88.6 Å². The molecule has 11 heteroatoms. The fraction of sp³-hybridized carbons (Fsp3) is 0.708. The van der Waals surface area contributed by atoms with Crippen molar-refractivity contribution in [3.63, 3.8) is 0 Å². The van der Waals surface area contributed by atoms with Gasteiger partial charge in [-0.2, -0.15) is 10.1 Å². The smallest absolute Gasteiger partial charge is 0.335 e. The van der Waals surface area contributed by atoms with E-state index in [0.29, 0.717) is 5.65 Å². The van der Waals surface area contributed by atoms with E-state index < -0.39 is 36.7 Å². The van der Waals surface area contributed by atoms with E-state index in [1.807, 2.05) is 7.05 Å². The summed E-state index contributed by atoms with van der Waals surface area (Å²) in [7, 11) is 1.85. The highest BCUT2D eigenvalue weighted by molar-refractivity contribution is 5.85. The Bertz CT molecular complexity index is 1110. The van der Waals surface area contributed by atoms with Crippen LogP contribution < -0.4 is 4.74 Å². The van der Waals surface area contributed by atoms with Crippen molar-refractivity contribution in [1.29, 1.82) is 0 Å². The maximum absolute atomic E-state index is 11.5. The van der Waals surface area contributed by atoms with E-state index in [0.717, 1.165) is 80.2 Å². The van der Waals surface area contributed by atoms with Gasteiger partial charge in [-0.15, -0.1) is 0 Å². The first-order chi connectivity index (χ1) is 16.8. The van der Waals surface area contributed by atoms with Crippen LogP contribution in [0.3, 0.4) is 0 Å². The van der Waals surface area contributed by atoms with Gasteiger partial charge in [0.05, 0.1) is 11.7 Å². The molecule has 2 aliphatic heterocycles. The molecule has 4 heterocycles. The molecule has 0 radical (unpaired) electrons. The summed E-state index contributed by atoms with van der Waals surface area (Å²) in [5.41, 5.74) is 3.74. The SMILES string of the molecule is CCCN1CCC[C@H]1c1nn(C)c2nc(O[C@@H]3O[C@H](C(=O)O)[C@@H](O)[C@H](O)[C@H]3O)c3c(c12)CCCC3. The summed E-state index contributed by atoms with van der Waals surface area (Å²) in [6, 6.07) is 0.245. The summed E-state index contributed by atoms with van der Waals surface area (Å²) in [5, 5.41) is 46.0. The second-order valence-electron chi connectivity index (χ2n) is 9.84. The maximum Gasteiger partial charge on any atom is 0.335 e. The minimum atomic E-state index is -1.77. The first-order valence-electron chi connectivity index (χ1n) is 12.5. The molecule has 0 bridgehead atoms. The Balaban J connectivity index is 1.56. The fourth-order valence-corrected chi connectivity index (χ4v) is 5.81. The quantitative estimate of drug-likeness (QED) is 0.455. The highest BCUT2D eigenvalue weighted by Crippen LogP contribution is 2.41. The van der Waals surface area contributed by atoms with Gasteiger partial charge in [0.25, 0.3) is 0 Å². The third-order valence-electron chi connectivity index (χ3n) is 7.51. The number of likely N-dealkylation sites (tertiary alicyclic amines) is 1. The van der Waals surface area contributed by atoms with Gasteiger partial charge in [0.1, 0.15) is 18.3 Å². The molecule has 6 atom stereocenters. The van der Waals surface area contributed by atoms with E-state index in [1.165, 1.54) is 0 Å². The summed E-state index contributed by atoms with van der Waals surface area (Å²) in [6.07, 6.45) is -1.55. The fourth-order valence-electron chi connectivity index (χ4n) is 5.81. The van der Waals surface area contributed by atoms with Crippen molar-refractivity contribution >= 4 is 17.0 Å². The number of carboxylic acids is 1. The average Bonchev–Trinajstić information content (AvgIpc) is 3.43. The van der Waals surface area contributed by atoms with E-state index in [1.54, 1.807) is 4.68 Å². The average molecular weight is 491 g/mol. The molecular weight excluding hydrogens is 456 g/mol. The number of carbonyl (C=O) groups is 1. The van der Waals surface area contributed by atoms with Crippen molar-refractivity contribution in [2.75, 3.05) is 13.1 Å². The van der Waals surface area contributed by atoms with Crippen molar-refractivity contribution in [3.05, 3.63) is 16.8 Å². The Hall–Kier alpha value is -2.31. The number of nitrogens with zero attached hydrogens (tertiary/aromatic N) is 4. The minimum absolute atomic E-state index is 0.245. The lowest BCUT2D eigenvalue weighted by Crippen LogP contribution is -2.61. The van der Waals surface area contributed by atoms with Crippen LogP contribution in [0.1, 0.15) is 61.9 Å². The first-order valence-corrected chi connectivity index (χ1v) is 12.5. The summed E-state index contributed by atoms with van der Waals surface area (Å²) in [4.78, 5) is 18.8. The highest BCUT2D eigenvalue weighted by Gasteiger charge is 2.48. The third-order valence-corrected chi connectivity index (χ3v) is 7.51. The third kappa shape index (κ3) is 4.19. The highest BCUT2D eigenvalue weighted by atomic mass is 16.7. The van der Waals surface area contributed by atoms with Crippen molar-refractivity contribution in [3.8, 4) is 5.88 Å². The number of fused-ring (bicyclic) bond motifs is 3. The molecule has 3 aliphatic rings. The molecule has 0 spiro atoms. The molecule has 1 aliphatic carbocycles. The number of aromatic nitrogens is 3. The Morgan fingerprint density at radius 3 is 2.57 bits per heavy atom. The van der Waals surface area contributed by atoms with Crippen molar-refractivity contribution in [1.82, 2.24) is 19.7 Å². The second kappa shape index (κ2) is 9.62. The molecule has 0 saturated carbocycles. The molecule has 2 aromatic rings. The standard InChI is InChI=1S/C24H34N4O7/c1-3-10-28-11-6-9-14(28)16-15-12-7-4-5-8-13(12)22(25-21(15)27(2)26-16)35-24-19(31)17(29)18(30)20(34-24)23(32)33/h14,17-20,24,29-31H,3-11H2,1-2H3,(H,32,33)/t14-,17-,18-,19+,20-,24-/m0/s1. The number of hydrogen-bond donors (Lipinski definition) is 4. The van der Waals surface area contributed by atoms with Gasteiger partial charge in [0, 0.05) is 18.0 Å². The molecule has 2 fully saturated rings. The number of ether oxygens (including phenoxy) is 2. The summed E-state index contributed by atoms with van der Waals surface area (Å²) in [6.45, 7) is 4.27. The Kier molecular flexibility index (Phi) is 6.71. The number of aryl methyl sites for hydroxylation is 2. The van der Waals surface area contributed by atoms with Crippen LogP contribution in [0.4, 0.5) is 0 Å². The number of pyridine rings is 1. The van der Waals surface area contributed by atoms with Gasteiger partial charge in [-0.1, -0.05) is 6.92 Å². The van der Waals surface area contributed by atoms with E-state index >= 15 is 0 Å². The molecule has 35 heavy (non-hydrogen) atoms. The number of aliphatic hydroxyl groups excluding tert-OH is 3. The zero-order valence-corrected chi connectivity index (χ0v) is 20.1. The van der Waals surface area contributed by atoms with E-state index in [2.05, 4.69) is 11.8 Å². The predicted molar refractivity (Wildman–Crippen MR) is 124 cm³/mol. The Morgan fingerprint density at radius 2 is 1.86 bits per heavy atom.